The van der Waals surface area contributed by atoms with E-state index in [0.717, 1.165) is 33.4 Å². The largest absolute Gasteiger partial charge is 0.300 e. The zero-order chi connectivity index (χ0) is 17.5. The van der Waals surface area contributed by atoms with Gasteiger partial charge in [-0.25, -0.2) is 8.42 Å². The third-order valence-corrected chi connectivity index (χ3v) is 11.1. The van der Waals surface area contributed by atoms with Crippen molar-refractivity contribution in [1.82, 2.24) is 9.21 Å². The molecule has 2 heterocycles. The summed E-state index contributed by atoms with van der Waals surface area (Å²) in [4.78, 5) is 2.58. The number of thiophene rings is 1. The minimum Gasteiger partial charge on any atom is -0.300 e. The topological polar surface area (TPSA) is 40.6 Å². The van der Waals surface area contributed by atoms with Crippen molar-refractivity contribution in [2.75, 3.05) is 20.1 Å². The summed E-state index contributed by atoms with van der Waals surface area (Å²) in [7, 11) is -1.68. The molecule has 0 amide bonds. The summed E-state index contributed by atoms with van der Waals surface area (Å²) in [5.41, 5.74) is 0. The predicted octanol–water partition coefficient (Wildman–Crippen LogP) is 4.55. The summed E-state index contributed by atoms with van der Waals surface area (Å²) in [6.45, 7) is 4.66. The molecule has 0 aromatic carbocycles. The van der Waals surface area contributed by atoms with E-state index in [1.807, 2.05) is 0 Å². The number of likely N-dealkylation sites (tertiary alicyclic amines) is 1. The van der Waals surface area contributed by atoms with Crippen LogP contribution in [0.2, 0.25) is 0 Å². The zero-order valence-corrected chi connectivity index (χ0v) is 18.8. The normalized spacial score (nSPS) is 27.2. The second-order valence-electron chi connectivity index (χ2n) is 7.05. The van der Waals surface area contributed by atoms with Crippen LogP contribution in [0, 0.1) is 5.92 Å². The molecule has 1 saturated carbocycles. The molecular weight excluding hydrogens is 476 g/mol. The van der Waals surface area contributed by atoms with Crippen molar-refractivity contribution in [2.45, 2.75) is 55.3 Å². The Labute approximate surface area is 165 Å². The number of halogens is 2. The van der Waals surface area contributed by atoms with Crippen molar-refractivity contribution in [3.05, 3.63) is 14.3 Å². The number of rotatable bonds is 4. The SMILES string of the molecule is CC1CCN(C2CCC(N(C)S(=O)(=O)c3cc(Br)c(Br)s3)C2)CC1. The van der Waals surface area contributed by atoms with E-state index in [2.05, 4.69) is 43.7 Å². The molecule has 1 aromatic heterocycles. The van der Waals surface area contributed by atoms with Gasteiger partial charge in [-0.3, -0.25) is 0 Å². The van der Waals surface area contributed by atoms with Crippen molar-refractivity contribution >= 4 is 53.2 Å². The van der Waals surface area contributed by atoms with Gasteiger partial charge in [0, 0.05) is 23.6 Å². The highest BCUT2D eigenvalue weighted by molar-refractivity contribution is 9.13. The van der Waals surface area contributed by atoms with E-state index in [4.69, 9.17) is 0 Å². The van der Waals surface area contributed by atoms with Crippen LogP contribution in [0.1, 0.15) is 39.0 Å². The van der Waals surface area contributed by atoms with Crippen LogP contribution in [-0.2, 0) is 10.0 Å². The second kappa shape index (κ2) is 7.64. The second-order valence-corrected chi connectivity index (χ2v) is 12.5. The van der Waals surface area contributed by atoms with Gasteiger partial charge in [0.15, 0.2) is 0 Å². The lowest BCUT2D eigenvalue weighted by molar-refractivity contribution is 0.136. The standard InChI is InChI=1S/C16H24Br2N2O2S2/c1-11-5-7-20(8-6-11)13-4-3-12(9-13)19(2)24(21,22)15-10-14(17)16(18)23-15/h10-13H,3-9H2,1-2H3. The van der Waals surface area contributed by atoms with E-state index < -0.39 is 10.0 Å². The maximum absolute atomic E-state index is 12.9. The van der Waals surface area contributed by atoms with Crippen LogP contribution in [0.5, 0.6) is 0 Å². The van der Waals surface area contributed by atoms with Gasteiger partial charge in [-0.2, -0.15) is 4.31 Å². The predicted molar refractivity (Wildman–Crippen MR) is 106 cm³/mol. The first-order valence-electron chi connectivity index (χ1n) is 8.46. The van der Waals surface area contributed by atoms with E-state index in [0.29, 0.717) is 10.3 Å². The monoisotopic (exact) mass is 498 g/mol. The van der Waals surface area contributed by atoms with Gasteiger partial charge in [0.2, 0.25) is 0 Å². The molecule has 8 heteroatoms. The van der Waals surface area contributed by atoms with Gasteiger partial charge in [-0.1, -0.05) is 6.92 Å². The fraction of sp³-hybridized carbons (Fsp3) is 0.750. The van der Waals surface area contributed by atoms with Crippen molar-refractivity contribution in [3.8, 4) is 0 Å². The Morgan fingerprint density at radius 3 is 2.46 bits per heavy atom. The van der Waals surface area contributed by atoms with Crippen molar-refractivity contribution in [3.63, 3.8) is 0 Å². The summed E-state index contributed by atoms with van der Waals surface area (Å²) in [5, 5.41) is 0. The van der Waals surface area contributed by atoms with E-state index in [1.165, 1.54) is 37.3 Å². The van der Waals surface area contributed by atoms with E-state index in [-0.39, 0.29) is 6.04 Å². The Balaban J connectivity index is 1.66. The number of hydrogen-bond donors (Lipinski definition) is 0. The Hall–Kier alpha value is 0.530. The lowest BCUT2D eigenvalue weighted by atomic mass is 9.97. The number of sulfonamides is 1. The minimum atomic E-state index is -3.41. The third-order valence-electron chi connectivity index (χ3n) is 5.48. The molecule has 1 aliphatic carbocycles. The van der Waals surface area contributed by atoms with Crippen LogP contribution < -0.4 is 0 Å². The lowest BCUT2D eigenvalue weighted by Gasteiger charge is -2.35. The van der Waals surface area contributed by atoms with Crippen LogP contribution in [0.4, 0.5) is 0 Å². The summed E-state index contributed by atoms with van der Waals surface area (Å²) < 4.78 is 29.4. The summed E-state index contributed by atoms with van der Waals surface area (Å²) in [6.07, 6.45) is 5.56. The molecule has 3 rings (SSSR count). The molecule has 2 aliphatic rings. The van der Waals surface area contributed by atoms with Gasteiger partial charge >= 0.3 is 0 Å². The fourth-order valence-electron chi connectivity index (χ4n) is 3.78. The quantitative estimate of drug-likeness (QED) is 0.610. The molecule has 2 unspecified atom stereocenters. The van der Waals surface area contributed by atoms with Gasteiger partial charge < -0.3 is 4.90 Å². The Bertz CT molecular complexity index is 665. The van der Waals surface area contributed by atoms with Gasteiger partial charge in [-0.05, 0) is 89.0 Å². The molecule has 1 aliphatic heterocycles. The molecule has 0 N–H and O–H groups in total. The first-order valence-corrected chi connectivity index (χ1v) is 12.3. The highest BCUT2D eigenvalue weighted by Gasteiger charge is 2.37. The van der Waals surface area contributed by atoms with Crippen LogP contribution in [0.25, 0.3) is 0 Å². The zero-order valence-electron chi connectivity index (χ0n) is 14.0. The Morgan fingerprint density at radius 1 is 1.21 bits per heavy atom. The van der Waals surface area contributed by atoms with E-state index in [1.54, 1.807) is 17.4 Å². The molecule has 0 spiro atoms. The smallest absolute Gasteiger partial charge is 0.252 e. The third kappa shape index (κ3) is 3.93. The Kier molecular flexibility index (Phi) is 6.15. The molecule has 136 valence electrons. The number of piperidine rings is 1. The molecule has 2 fully saturated rings. The van der Waals surface area contributed by atoms with E-state index >= 15 is 0 Å². The summed E-state index contributed by atoms with van der Waals surface area (Å²) in [5.74, 6) is 0.831. The van der Waals surface area contributed by atoms with Crippen LogP contribution in [0.15, 0.2) is 18.5 Å². The van der Waals surface area contributed by atoms with Crippen LogP contribution in [-0.4, -0.2) is 49.8 Å². The summed E-state index contributed by atoms with van der Waals surface area (Å²) >= 11 is 8.04. The maximum atomic E-state index is 12.9. The molecular formula is C16H24Br2N2O2S2. The van der Waals surface area contributed by atoms with Crippen LogP contribution >= 0.6 is 43.2 Å². The van der Waals surface area contributed by atoms with Crippen molar-refractivity contribution in [1.29, 1.82) is 0 Å². The van der Waals surface area contributed by atoms with Crippen LogP contribution in [0.3, 0.4) is 0 Å². The minimum absolute atomic E-state index is 0.110. The van der Waals surface area contributed by atoms with Gasteiger partial charge in [0.1, 0.15) is 4.21 Å². The molecule has 2 atom stereocenters. The molecule has 4 nitrogen and oxygen atoms in total. The molecule has 0 bridgehead atoms. The first kappa shape index (κ1) is 19.3. The highest BCUT2D eigenvalue weighted by atomic mass is 79.9. The average molecular weight is 500 g/mol. The van der Waals surface area contributed by atoms with Crippen molar-refractivity contribution < 1.29 is 8.42 Å². The Morgan fingerprint density at radius 2 is 1.88 bits per heavy atom. The summed E-state index contributed by atoms with van der Waals surface area (Å²) in [6, 6.07) is 2.35. The average Bonchev–Trinajstić information content (AvgIpc) is 3.15. The molecule has 24 heavy (non-hydrogen) atoms. The van der Waals surface area contributed by atoms with E-state index in [9.17, 15) is 8.42 Å². The lowest BCUT2D eigenvalue weighted by Crippen LogP contribution is -2.41. The van der Waals surface area contributed by atoms with Gasteiger partial charge in [0.05, 0.1) is 3.79 Å². The molecule has 1 aromatic rings. The fourth-order valence-corrected chi connectivity index (χ4v) is 8.18. The maximum Gasteiger partial charge on any atom is 0.252 e. The van der Waals surface area contributed by atoms with Gasteiger partial charge in [-0.15, -0.1) is 11.3 Å². The van der Waals surface area contributed by atoms with Crippen molar-refractivity contribution in [2.24, 2.45) is 5.92 Å². The number of nitrogens with zero attached hydrogens (tertiary/aromatic N) is 2. The molecule has 0 radical (unpaired) electrons. The van der Waals surface area contributed by atoms with Gasteiger partial charge in [0.25, 0.3) is 10.0 Å². The highest BCUT2D eigenvalue weighted by Crippen LogP contribution is 2.38. The number of hydrogen-bond acceptors (Lipinski definition) is 4. The molecule has 1 saturated heterocycles. The first-order chi connectivity index (χ1) is 11.3.